The van der Waals surface area contributed by atoms with Gasteiger partial charge in [-0.3, -0.25) is 0 Å². The zero-order valence-electron chi connectivity index (χ0n) is 32.9. The van der Waals surface area contributed by atoms with E-state index in [0.29, 0.717) is 25.7 Å². The molecule has 2 aliphatic heterocycles. The van der Waals surface area contributed by atoms with Crippen LogP contribution in [-0.2, 0) is 30.3 Å². The lowest BCUT2D eigenvalue weighted by atomic mass is 9.95. The number of alkyl halides is 6. The van der Waals surface area contributed by atoms with Gasteiger partial charge in [-0.2, -0.15) is 30.6 Å². The predicted molar refractivity (Wildman–Crippen MR) is 222 cm³/mol. The van der Waals surface area contributed by atoms with E-state index < -0.39 is 48.7 Å². The van der Waals surface area contributed by atoms with Gasteiger partial charge < -0.3 is 25.3 Å². The Bertz CT molecular complexity index is 2400. The molecule has 61 heavy (non-hydrogen) atoms. The number of nitrogens with one attached hydrogen (secondary N) is 1. The lowest BCUT2D eigenvalue weighted by Crippen LogP contribution is -2.54. The second kappa shape index (κ2) is 20.0. The zero-order valence-corrected chi connectivity index (χ0v) is 36.9. The van der Waals surface area contributed by atoms with E-state index in [-0.39, 0.29) is 38.9 Å². The molecule has 23 heteroatoms. The molecule has 4 heterocycles. The van der Waals surface area contributed by atoms with Crippen molar-refractivity contribution in [3.63, 3.8) is 0 Å². The summed E-state index contributed by atoms with van der Waals surface area (Å²) in [6, 6.07) is 10.8. The molecule has 4 atom stereocenters. The Morgan fingerprint density at radius 2 is 1.16 bits per heavy atom. The summed E-state index contributed by atoms with van der Waals surface area (Å²) in [5, 5.41) is 25.9. The Balaban J connectivity index is 0.000000230. The molecule has 0 aliphatic carbocycles. The van der Waals surface area contributed by atoms with Crippen LogP contribution in [0.1, 0.15) is 38.8 Å². The number of piperazine rings is 2. The van der Waals surface area contributed by atoms with Crippen molar-refractivity contribution in [2.45, 2.75) is 72.0 Å². The lowest BCUT2D eigenvalue weighted by molar-refractivity contribution is -0.259. The summed E-state index contributed by atoms with van der Waals surface area (Å²) in [5.41, 5.74) is -4.86. The second-order valence-corrected chi connectivity index (χ2v) is 20.2. The van der Waals surface area contributed by atoms with Crippen LogP contribution in [0.25, 0.3) is 0 Å². The molecule has 12 nitrogen and oxygen atoms in total. The van der Waals surface area contributed by atoms with Crippen molar-refractivity contribution in [3.05, 3.63) is 82.8 Å². The summed E-state index contributed by atoms with van der Waals surface area (Å²) in [4.78, 5) is 11.3. The van der Waals surface area contributed by atoms with Crippen molar-refractivity contribution in [2.75, 3.05) is 49.1 Å². The van der Waals surface area contributed by atoms with Gasteiger partial charge in [0.05, 0.1) is 0 Å². The van der Waals surface area contributed by atoms with E-state index in [9.17, 15) is 53.4 Å². The summed E-state index contributed by atoms with van der Waals surface area (Å²) in [5.74, 6) is 11.7. The summed E-state index contributed by atoms with van der Waals surface area (Å²) >= 11 is 2.03. The summed E-state index contributed by atoms with van der Waals surface area (Å²) in [7, 11) is -2.39. The number of nitrogens with zero attached hydrogens (tertiary/aromatic N) is 5. The molecule has 2 aromatic carbocycles. The van der Waals surface area contributed by atoms with Crippen LogP contribution < -0.4 is 15.1 Å². The van der Waals surface area contributed by atoms with Crippen molar-refractivity contribution >= 4 is 63.8 Å². The molecule has 0 bridgehead atoms. The van der Waals surface area contributed by atoms with Gasteiger partial charge in [0.15, 0.2) is 11.2 Å². The number of benzene rings is 2. The maximum atomic E-state index is 13.1. The predicted octanol–water partition coefficient (Wildman–Crippen LogP) is 6.14. The van der Waals surface area contributed by atoms with Gasteiger partial charge in [0, 0.05) is 84.5 Å². The highest BCUT2D eigenvalue weighted by Crippen LogP contribution is 2.40. The highest BCUT2D eigenvalue weighted by atomic mass is 35.7. The fourth-order valence-corrected chi connectivity index (χ4v) is 9.97. The van der Waals surface area contributed by atoms with Crippen LogP contribution in [-0.4, -0.2) is 105 Å². The molecule has 4 unspecified atom stereocenters. The topological polar surface area (TPSA) is 156 Å². The molecule has 0 saturated carbocycles. The number of sulfonamides is 1. The standard InChI is InChI=1S/C19H20F3N3O3S2.C16H19F3N2O.C3H2ClNO2S2/c1-3-4-16-13-24(30(27,28)17-23-9-12-29-17)10-11-25(16)15-7-5-14(6-8-15)18(2,26)19(20,21)22;1-3-4-14-11-20-9-10-21(14)13-7-5-12(6-8-13)15(2,22)16(17,18)19;4-9(6,7)3-5-1-2-8-3/h5-9,12,16,26H,10-11,13H2,1-2H3;5-8,14,20,22H,9-11H2,1-2H3;1-2H. The maximum absolute atomic E-state index is 13.1. The van der Waals surface area contributed by atoms with Crippen LogP contribution in [0.15, 0.2) is 80.4 Å². The molecule has 2 aliphatic rings. The number of thiazole rings is 2. The molecule has 2 saturated heterocycles. The van der Waals surface area contributed by atoms with E-state index in [2.05, 4.69) is 43.9 Å². The number of halogens is 7. The number of hydrogen-bond acceptors (Lipinski definition) is 13. The van der Waals surface area contributed by atoms with Gasteiger partial charge in [0.1, 0.15) is 12.1 Å². The van der Waals surface area contributed by atoms with Crippen molar-refractivity contribution < 1.29 is 53.4 Å². The van der Waals surface area contributed by atoms with Crippen LogP contribution in [0.5, 0.6) is 0 Å². The SMILES string of the molecule is CC#CC1CN(S(=O)(=O)c2nccs2)CCN1c1ccc(C(C)(O)C(F)(F)F)cc1.CC#CC1CNCCN1c1ccc(C(C)(O)C(F)(F)F)cc1.O=S(=O)(Cl)c1nccs1. The summed E-state index contributed by atoms with van der Waals surface area (Å²) in [6.45, 7) is 7.69. The molecular formula is C38H41ClF6N6O6S4. The number of rotatable bonds is 7. The Labute approximate surface area is 362 Å². The van der Waals surface area contributed by atoms with Crippen molar-refractivity contribution in [1.82, 2.24) is 19.6 Å². The molecule has 0 amide bonds. The third-order valence-corrected chi connectivity index (χ3v) is 15.2. The van der Waals surface area contributed by atoms with Crippen molar-refractivity contribution in [3.8, 4) is 23.7 Å². The quantitative estimate of drug-likeness (QED) is 0.111. The largest absolute Gasteiger partial charge is 0.421 e. The van der Waals surface area contributed by atoms with E-state index in [1.165, 1.54) is 53.1 Å². The monoisotopic (exact) mass is 954 g/mol. The normalized spacial score (nSPS) is 19.6. The molecule has 3 N–H and O–H groups in total. The lowest BCUT2D eigenvalue weighted by Gasteiger charge is -2.39. The number of aliphatic hydroxyl groups is 2. The first kappa shape index (κ1) is 49.7. The van der Waals surface area contributed by atoms with Gasteiger partial charge in [-0.15, -0.1) is 34.5 Å². The van der Waals surface area contributed by atoms with Gasteiger partial charge in [0.2, 0.25) is 8.68 Å². The van der Waals surface area contributed by atoms with Crippen LogP contribution >= 0.6 is 33.4 Å². The summed E-state index contributed by atoms with van der Waals surface area (Å²) in [6.07, 6.45) is -6.70. The third-order valence-electron chi connectivity index (χ3n) is 9.42. The van der Waals surface area contributed by atoms with Crippen molar-refractivity contribution in [2.24, 2.45) is 0 Å². The Hall–Kier alpha value is -3.97. The van der Waals surface area contributed by atoms with Gasteiger partial charge in [0.25, 0.3) is 19.1 Å². The van der Waals surface area contributed by atoms with Crippen molar-refractivity contribution in [1.29, 1.82) is 0 Å². The minimum atomic E-state index is -4.81. The Morgan fingerprint density at radius 1 is 0.721 bits per heavy atom. The van der Waals surface area contributed by atoms with Crippen LogP contribution in [0.3, 0.4) is 0 Å². The van der Waals surface area contributed by atoms with Crippen LogP contribution in [0, 0.1) is 23.7 Å². The first-order valence-corrected chi connectivity index (χ1v) is 23.5. The van der Waals surface area contributed by atoms with Crippen LogP contribution in [0.2, 0.25) is 0 Å². The Kier molecular flexibility index (Phi) is 16.3. The smallest absolute Gasteiger partial charge is 0.376 e. The molecule has 0 spiro atoms. The summed E-state index contributed by atoms with van der Waals surface area (Å²) < 4.78 is 125. The average Bonchev–Trinajstić information content (AvgIpc) is 3.95. The minimum Gasteiger partial charge on any atom is -0.376 e. The van der Waals surface area contributed by atoms with E-state index in [4.69, 9.17) is 10.7 Å². The van der Waals surface area contributed by atoms with E-state index >= 15 is 0 Å². The molecule has 0 radical (unpaired) electrons. The molecular weight excluding hydrogens is 914 g/mol. The van der Waals surface area contributed by atoms with E-state index in [0.717, 1.165) is 48.4 Å². The van der Waals surface area contributed by atoms with E-state index in [1.807, 2.05) is 4.90 Å². The number of anilines is 2. The number of hydrogen-bond donors (Lipinski definition) is 3. The molecule has 4 aromatic rings. The van der Waals surface area contributed by atoms with Gasteiger partial charge in [-0.1, -0.05) is 36.1 Å². The number of aromatic nitrogens is 2. The molecule has 6 rings (SSSR count). The van der Waals surface area contributed by atoms with Gasteiger partial charge >= 0.3 is 12.4 Å². The highest BCUT2D eigenvalue weighted by Gasteiger charge is 2.52. The van der Waals surface area contributed by atoms with Gasteiger partial charge in [-0.05, 0) is 63.1 Å². The molecule has 332 valence electrons. The van der Waals surface area contributed by atoms with E-state index in [1.54, 1.807) is 36.7 Å². The third kappa shape index (κ3) is 12.1. The zero-order chi connectivity index (χ0) is 45.4. The Morgan fingerprint density at radius 3 is 1.56 bits per heavy atom. The fraction of sp³-hybridized carbons (Fsp3) is 0.421. The molecule has 2 aromatic heterocycles. The first-order chi connectivity index (χ1) is 28.4. The van der Waals surface area contributed by atoms with Gasteiger partial charge in [-0.25, -0.2) is 26.8 Å². The highest BCUT2D eigenvalue weighted by molar-refractivity contribution is 8.14. The van der Waals surface area contributed by atoms with Crippen LogP contribution in [0.4, 0.5) is 37.7 Å². The molecule has 2 fully saturated rings. The second-order valence-electron chi connectivity index (χ2n) is 13.5. The fourth-order valence-electron chi connectivity index (χ4n) is 5.95. The minimum absolute atomic E-state index is 0.00673. The maximum Gasteiger partial charge on any atom is 0.421 e. The average molecular weight is 955 g/mol. The first-order valence-electron chi connectivity index (χ1n) is 18.0.